The maximum absolute atomic E-state index is 9.59. The maximum atomic E-state index is 9.59. The lowest BCUT2D eigenvalue weighted by molar-refractivity contribution is 0.0397. The molecule has 0 aliphatic carbocycles. The Balaban J connectivity index is 2.60. The SMILES string of the molecule is CCOCC(O)c1cccc(C)n1. The van der Waals surface area contributed by atoms with E-state index in [1.165, 1.54) is 0 Å². The van der Waals surface area contributed by atoms with Crippen molar-refractivity contribution in [1.82, 2.24) is 4.98 Å². The first-order valence-electron chi connectivity index (χ1n) is 4.43. The molecule has 0 aliphatic heterocycles. The largest absolute Gasteiger partial charge is 0.384 e. The van der Waals surface area contributed by atoms with Crippen LogP contribution in [0.1, 0.15) is 24.4 Å². The van der Waals surface area contributed by atoms with Crippen molar-refractivity contribution in [3.05, 3.63) is 29.6 Å². The van der Waals surface area contributed by atoms with E-state index in [-0.39, 0.29) is 0 Å². The maximum Gasteiger partial charge on any atom is 0.119 e. The summed E-state index contributed by atoms with van der Waals surface area (Å²) in [6.45, 7) is 4.73. The van der Waals surface area contributed by atoms with Gasteiger partial charge < -0.3 is 9.84 Å². The number of rotatable bonds is 4. The lowest BCUT2D eigenvalue weighted by Crippen LogP contribution is -2.09. The molecule has 0 aromatic carbocycles. The number of ether oxygens (including phenoxy) is 1. The summed E-state index contributed by atoms with van der Waals surface area (Å²) in [5, 5.41) is 9.59. The molecule has 1 unspecified atom stereocenters. The third-order valence-electron chi connectivity index (χ3n) is 1.73. The average Bonchev–Trinajstić information content (AvgIpc) is 2.14. The molecule has 1 aromatic rings. The zero-order chi connectivity index (χ0) is 9.68. The summed E-state index contributed by atoms with van der Waals surface area (Å²) in [7, 11) is 0. The second kappa shape index (κ2) is 4.94. The minimum absolute atomic E-state index is 0.312. The quantitative estimate of drug-likeness (QED) is 0.764. The molecular formula is C10H15NO2. The topological polar surface area (TPSA) is 42.4 Å². The average molecular weight is 181 g/mol. The molecule has 0 aliphatic rings. The fourth-order valence-electron chi connectivity index (χ4n) is 1.06. The molecule has 0 bridgehead atoms. The van der Waals surface area contributed by atoms with Crippen LogP contribution in [0.2, 0.25) is 0 Å². The fourth-order valence-corrected chi connectivity index (χ4v) is 1.06. The second-order valence-electron chi connectivity index (χ2n) is 2.88. The number of aliphatic hydroxyl groups is 1. The first kappa shape index (κ1) is 10.2. The molecule has 3 heteroatoms. The minimum atomic E-state index is -0.611. The molecule has 0 radical (unpaired) electrons. The van der Waals surface area contributed by atoms with Crippen LogP contribution in [0.3, 0.4) is 0 Å². The van der Waals surface area contributed by atoms with Gasteiger partial charge in [-0.1, -0.05) is 6.07 Å². The van der Waals surface area contributed by atoms with Gasteiger partial charge in [0.15, 0.2) is 0 Å². The van der Waals surface area contributed by atoms with Gasteiger partial charge in [-0.15, -0.1) is 0 Å². The molecule has 1 N–H and O–H groups in total. The van der Waals surface area contributed by atoms with Crippen LogP contribution in [0, 0.1) is 6.92 Å². The molecule has 0 fully saturated rings. The molecular weight excluding hydrogens is 166 g/mol. The Bertz CT molecular complexity index is 263. The van der Waals surface area contributed by atoms with E-state index in [1.54, 1.807) is 6.07 Å². The molecule has 0 saturated heterocycles. The van der Waals surface area contributed by atoms with Crippen molar-refractivity contribution >= 4 is 0 Å². The summed E-state index contributed by atoms with van der Waals surface area (Å²) in [5.74, 6) is 0. The third-order valence-corrected chi connectivity index (χ3v) is 1.73. The number of aryl methyl sites for hydroxylation is 1. The van der Waals surface area contributed by atoms with Crippen molar-refractivity contribution in [3.63, 3.8) is 0 Å². The lowest BCUT2D eigenvalue weighted by Gasteiger charge is -2.09. The van der Waals surface area contributed by atoms with E-state index in [2.05, 4.69) is 4.98 Å². The summed E-state index contributed by atoms with van der Waals surface area (Å²) >= 11 is 0. The van der Waals surface area contributed by atoms with Gasteiger partial charge in [0.25, 0.3) is 0 Å². The van der Waals surface area contributed by atoms with Crippen LogP contribution in [0.4, 0.5) is 0 Å². The monoisotopic (exact) mass is 181 g/mol. The number of hydrogen-bond donors (Lipinski definition) is 1. The first-order valence-corrected chi connectivity index (χ1v) is 4.43. The number of aliphatic hydroxyl groups excluding tert-OH is 1. The van der Waals surface area contributed by atoms with Crippen LogP contribution in [0.25, 0.3) is 0 Å². The van der Waals surface area contributed by atoms with Crippen molar-refractivity contribution in [3.8, 4) is 0 Å². The van der Waals surface area contributed by atoms with E-state index < -0.39 is 6.10 Å². The Hall–Kier alpha value is -0.930. The van der Waals surface area contributed by atoms with Crippen LogP contribution < -0.4 is 0 Å². The second-order valence-corrected chi connectivity index (χ2v) is 2.88. The van der Waals surface area contributed by atoms with Gasteiger partial charge in [-0.3, -0.25) is 4.98 Å². The number of pyridine rings is 1. The highest BCUT2D eigenvalue weighted by atomic mass is 16.5. The highest BCUT2D eigenvalue weighted by Crippen LogP contribution is 2.10. The zero-order valence-corrected chi connectivity index (χ0v) is 8.03. The number of hydrogen-bond acceptors (Lipinski definition) is 3. The summed E-state index contributed by atoms with van der Waals surface area (Å²) in [6, 6.07) is 5.58. The first-order chi connectivity index (χ1) is 6.24. The van der Waals surface area contributed by atoms with Gasteiger partial charge in [-0.2, -0.15) is 0 Å². The van der Waals surface area contributed by atoms with Gasteiger partial charge in [-0.05, 0) is 26.0 Å². The summed E-state index contributed by atoms with van der Waals surface area (Å²) < 4.78 is 5.10. The molecule has 3 nitrogen and oxygen atoms in total. The van der Waals surface area contributed by atoms with Crippen molar-refractivity contribution in [1.29, 1.82) is 0 Å². The van der Waals surface area contributed by atoms with E-state index >= 15 is 0 Å². The van der Waals surface area contributed by atoms with Gasteiger partial charge in [-0.25, -0.2) is 0 Å². The van der Waals surface area contributed by atoms with E-state index in [4.69, 9.17) is 4.74 Å². The molecule has 1 atom stereocenters. The van der Waals surface area contributed by atoms with Gasteiger partial charge in [0, 0.05) is 12.3 Å². The van der Waals surface area contributed by atoms with Crippen molar-refractivity contribution in [2.75, 3.05) is 13.2 Å². The molecule has 1 heterocycles. The smallest absolute Gasteiger partial charge is 0.119 e. The Morgan fingerprint density at radius 2 is 2.31 bits per heavy atom. The van der Waals surface area contributed by atoms with Gasteiger partial charge in [0.05, 0.1) is 12.3 Å². The molecule has 0 spiro atoms. The summed E-state index contributed by atoms with van der Waals surface area (Å²) in [4.78, 5) is 4.20. The number of nitrogens with zero attached hydrogens (tertiary/aromatic N) is 1. The van der Waals surface area contributed by atoms with E-state index in [9.17, 15) is 5.11 Å². The van der Waals surface area contributed by atoms with Gasteiger partial charge in [0.1, 0.15) is 6.10 Å². The Labute approximate surface area is 78.4 Å². The lowest BCUT2D eigenvalue weighted by atomic mass is 10.2. The molecule has 0 saturated carbocycles. The standard InChI is InChI=1S/C10H15NO2/c1-3-13-7-10(12)9-6-4-5-8(2)11-9/h4-6,10,12H,3,7H2,1-2H3. The van der Waals surface area contributed by atoms with Gasteiger partial charge in [0.2, 0.25) is 0 Å². The Kier molecular flexibility index (Phi) is 3.86. The van der Waals surface area contributed by atoms with Crippen LogP contribution in [-0.4, -0.2) is 23.3 Å². The highest BCUT2D eigenvalue weighted by Gasteiger charge is 2.07. The van der Waals surface area contributed by atoms with E-state index in [1.807, 2.05) is 26.0 Å². The Morgan fingerprint density at radius 3 is 2.92 bits per heavy atom. The fraction of sp³-hybridized carbons (Fsp3) is 0.500. The highest BCUT2D eigenvalue weighted by molar-refractivity contribution is 5.11. The molecule has 1 aromatic heterocycles. The van der Waals surface area contributed by atoms with E-state index in [0.29, 0.717) is 18.9 Å². The molecule has 72 valence electrons. The molecule has 1 rings (SSSR count). The van der Waals surface area contributed by atoms with Crippen LogP contribution >= 0.6 is 0 Å². The van der Waals surface area contributed by atoms with Crippen molar-refractivity contribution in [2.24, 2.45) is 0 Å². The summed E-state index contributed by atoms with van der Waals surface area (Å²) in [5.41, 5.74) is 1.58. The van der Waals surface area contributed by atoms with Crippen LogP contribution in [0.5, 0.6) is 0 Å². The normalized spacial score (nSPS) is 12.8. The van der Waals surface area contributed by atoms with E-state index in [0.717, 1.165) is 5.69 Å². The number of aromatic nitrogens is 1. The van der Waals surface area contributed by atoms with Crippen molar-refractivity contribution in [2.45, 2.75) is 20.0 Å². The van der Waals surface area contributed by atoms with Crippen LogP contribution in [0.15, 0.2) is 18.2 Å². The van der Waals surface area contributed by atoms with Crippen LogP contribution in [-0.2, 0) is 4.74 Å². The third kappa shape index (κ3) is 3.13. The molecule has 13 heavy (non-hydrogen) atoms. The van der Waals surface area contributed by atoms with Crippen molar-refractivity contribution < 1.29 is 9.84 Å². The predicted octanol–water partition coefficient (Wildman–Crippen LogP) is 1.46. The molecule has 0 amide bonds. The Morgan fingerprint density at radius 1 is 1.54 bits per heavy atom. The summed E-state index contributed by atoms with van der Waals surface area (Å²) in [6.07, 6.45) is -0.611. The predicted molar refractivity (Wildman–Crippen MR) is 50.4 cm³/mol. The minimum Gasteiger partial charge on any atom is -0.384 e. The zero-order valence-electron chi connectivity index (χ0n) is 8.03. The van der Waals surface area contributed by atoms with Gasteiger partial charge >= 0.3 is 0 Å².